The molecule has 2 saturated heterocycles. The number of nitrogens with one attached hydrogen (secondary N) is 24. The van der Waals surface area contributed by atoms with E-state index >= 15 is 0 Å². The normalized spacial score (nSPS) is 17.0. The number of aliphatic hydroxyl groups is 6. The maximum atomic E-state index is 14.9. The second-order valence-corrected chi connectivity index (χ2v) is 34.6. The van der Waals surface area contributed by atoms with Gasteiger partial charge >= 0.3 is 11.9 Å². The highest BCUT2D eigenvalue weighted by molar-refractivity contribution is 7.98. The zero-order valence-corrected chi connectivity index (χ0v) is 79.7. The van der Waals surface area contributed by atoms with E-state index < -0.39 is 303 Å². The lowest BCUT2D eigenvalue weighted by Gasteiger charge is -2.31. The van der Waals surface area contributed by atoms with Crippen LogP contribution in [0.3, 0.4) is 0 Å². The fourth-order valence-corrected chi connectivity index (χ4v) is 14.7. The summed E-state index contributed by atoms with van der Waals surface area (Å²) in [5, 5.41) is 171. The van der Waals surface area contributed by atoms with Crippen LogP contribution in [0.15, 0.2) is 24.3 Å². The van der Waals surface area contributed by atoms with Gasteiger partial charge in [-0.1, -0.05) is 26.0 Å². The van der Waals surface area contributed by atoms with Crippen LogP contribution in [0.1, 0.15) is 136 Å². The standard InChI is InChI=1S/C82H138N30O28S/c1-37(2)58(108-72(133)55-18-12-29-112(55)77(138)48(17-11-28-96-82(90)91)101-68(129)51(33-57(121)122)104-71(132)53(35-114)106-76(137)61(40(5)118)110-65(126)45(15-9-26-94-80(86)87)97-62(123)43-13-7-24-92-43)73(134)105-52(34-113)70(131)102-49(31-41-19-21-42(119)22-20-41)69(130)111-60(39(4)117)75(136)100-47(23-30-141-6)64(125)103-50(32-56(83)120)67(128)98-46(16-10-27-95-81(88)89)66(127)109-59(38(3)116)74(135)99-44(14-8-25-93-79(84)85)63(124)107-54(36-115)78(139)140/h19-22,37-40,43-55,58-61,92,113-119H,7-18,23-36H2,1-6H3,(H2,83,120)(H,97,123)(H,98,128)(H,99,135)(H,100,136)(H,101,129)(H,102,131)(H,103,125)(H,104,132)(H,105,134)(H,106,137)(H,107,124)(H,108,133)(H,109,127)(H,110,126)(H,111,130)(H,121,122)(H,139,140)(H4,84,85,93)(H4,86,87,94)(H4,88,89,95)(H4,90,91,96)/t38-,39-,40-,43+,44+,45+,46+,47+,48+,49+,50+,51+,52+,53+,54+,55+,58+,59+,60+,61+/m1/s1. The average Bonchev–Trinajstić information content (AvgIpc) is 1.05. The summed E-state index contributed by atoms with van der Waals surface area (Å²) in [5.41, 5.74) is 27.4. The number of primary amides is 1. The molecule has 2 aliphatic rings. The lowest BCUT2D eigenvalue weighted by molar-refractivity contribution is -0.144. The molecule has 20 atom stereocenters. The predicted octanol–water partition coefficient (Wildman–Crippen LogP) is -15.0. The average molecular weight is 2020 g/mol. The molecule has 790 valence electrons. The number of rotatable bonds is 64. The SMILES string of the molecule is CSCC[C@H](NC(=O)[C@@H](NC(=O)[C@H](Cc1ccc(O)cc1)NC(=O)[C@H](CO)NC(=O)[C@@H](NC(=O)[C@@H]1CCCN1C(=O)[C@H](CCCNC(=N)N)NC(=O)[C@H](CC(=O)O)NC(=O)[C@H](CO)NC(=O)[C@@H](NC(=O)[C@H](CCCNC(=N)N)NC(=O)[C@@H]1CCCN1)[C@@H](C)O)C(C)C)[C@@H](C)O)C(=O)N[C@@H](CC(N)=O)C(=O)N[C@@H](CCCNC(=N)N)C(=O)N[C@H](C(=O)N[C@@H](CCCNC(=N)N)C(=O)N[C@@H](CO)C(=O)O)[C@@H](C)O. The van der Waals surface area contributed by atoms with Crippen molar-refractivity contribution in [2.24, 2.45) is 34.6 Å². The number of aliphatic hydroxyl groups excluding tert-OH is 6. The molecular formula is C82H138N30O28S. The molecule has 141 heavy (non-hydrogen) atoms. The Morgan fingerprint density at radius 2 is 0.745 bits per heavy atom. The van der Waals surface area contributed by atoms with E-state index in [2.05, 4.69) is 101 Å². The van der Waals surface area contributed by atoms with Crippen LogP contribution in [0.25, 0.3) is 0 Å². The number of carbonyl (C=O) groups excluding carboxylic acids is 17. The molecule has 59 heteroatoms. The van der Waals surface area contributed by atoms with Crippen LogP contribution in [-0.4, -0.2) is 379 Å². The van der Waals surface area contributed by atoms with Gasteiger partial charge in [-0.25, -0.2) is 4.79 Å². The molecule has 0 aromatic heterocycles. The molecule has 1 aromatic rings. The maximum absolute atomic E-state index is 14.9. The summed E-state index contributed by atoms with van der Waals surface area (Å²) in [6.45, 7) is 2.68. The molecule has 2 aliphatic heterocycles. The first kappa shape index (κ1) is 121. The van der Waals surface area contributed by atoms with Gasteiger partial charge < -0.3 is 186 Å². The fourth-order valence-electron chi connectivity index (χ4n) is 14.3. The Kier molecular flexibility index (Phi) is 53.5. The van der Waals surface area contributed by atoms with Crippen molar-refractivity contribution in [3.8, 4) is 5.75 Å². The number of guanidine groups is 4. The number of carboxylic acids is 2. The minimum atomic E-state index is -2.11. The van der Waals surface area contributed by atoms with Gasteiger partial charge in [0.05, 0.1) is 57.0 Å². The summed E-state index contributed by atoms with van der Waals surface area (Å²) >= 11 is 1.14. The van der Waals surface area contributed by atoms with Crippen molar-refractivity contribution in [3.63, 3.8) is 0 Å². The first-order chi connectivity index (χ1) is 66.4. The first-order valence-corrected chi connectivity index (χ1v) is 46.6. The Labute approximate surface area is 814 Å². The van der Waals surface area contributed by atoms with E-state index in [1.807, 2.05) is 5.32 Å². The van der Waals surface area contributed by atoms with Crippen molar-refractivity contribution in [1.29, 1.82) is 21.6 Å². The van der Waals surface area contributed by atoms with Crippen LogP contribution in [0.2, 0.25) is 0 Å². The molecule has 3 rings (SSSR count). The number of likely N-dealkylation sites (tertiary alicyclic amines) is 1. The van der Waals surface area contributed by atoms with Gasteiger partial charge in [-0.3, -0.25) is 108 Å². The zero-order valence-electron chi connectivity index (χ0n) is 78.8. The maximum Gasteiger partial charge on any atom is 0.328 e. The Hall–Kier alpha value is -13.9. The van der Waals surface area contributed by atoms with Crippen LogP contribution < -0.4 is 135 Å². The van der Waals surface area contributed by atoms with Crippen molar-refractivity contribution in [2.45, 2.75) is 258 Å². The summed E-state index contributed by atoms with van der Waals surface area (Å²) < 4.78 is 0. The van der Waals surface area contributed by atoms with E-state index in [1.54, 1.807) is 6.26 Å². The molecule has 43 N–H and O–H groups in total. The van der Waals surface area contributed by atoms with Gasteiger partial charge in [0.1, 0.15) is 102 Å². The Balaban J connectivity index is 1.93. The van der Waals surface area contributed by atoms with Crippen LogP contribution in [0.4, 0.5) is 0 Å². The van der Waals surface area contributed by atoms with Gasteiger partial charge in [0.2, 0.25) is 100 Å². The summed E-state index contributed by atoms with van der Waals surface area (Å²) in [5.74, 6) is -26.2. The molecule has 17 amide bonds. The number of phenolic OH excluding ortho intramolecular Hbond substituents is 1. The molecule has 1 aromatic carbocycles. The highest BCUT2D eigenvalue weighted by Gasteiger charge is 2.44. The van der Waals surface area contributed by atoms with Gasteiger partial charge in [0.25, 0.3) is 0 Å². The molecular weight excluding hydrogens is 1890 g/mol. The first-order valence-electron chi connectivity index (χ1n) is 45.2. The molecule has 0 saturated carbocycles. The van der Waals surface area contributed by atoms with Gasteiger partial charge in [0, 0.05) is 39.1 Å². The van der Waals surface area contributed by atoms with Crippen molar-refractivity contribution < 1.29 is 137 Å². The highest BCUT2D eigenvalue weighted by atomic mass is 32.2. The van der Waals surface area contributed by atoms with E-state index in [-0.39, 0.29) is 120 Å². The van der Waals surface area contributed by atoms with E-state index in [4.69, 9.17) is 50.3 Å². The van der Waals surface area contributed by atoms with Crippen LogP contribution in [-0.2, 0) is 97.5 Å². The number of thioether (sulfide) groups is 1. The van der Waals surface area contributed by atoms with Gasteiger partial charge in [-0.05, 0) is 146 Å². The summed E-state index contributed by atoms with van der Waals surface area (Å²) in [6.07, 6.45) is -6.83. The van der Waals surface area contributed by atoms with Crippen LogP contribution >= 0.6 is 11.8 Å². The van der Waals surface area contributed by atoms with Crippen LogP contribution in [0.5, 0.6) is 5.75 Å². The largest absolute Gasteiger partial charge is 0.508 e. The lowest BCUT2D eigenvalue weighted by Crippen LogP contribution is -2.63. The fraction of sp³-hybridized carbons (Fsp3) is 0.646. The van der Waals surface area contributed by atoms with Crippen LogP contribution in [0, 0.1) is 27.6 Å². The summed E-state index contributed by atoms with van der Waals surface area (Å²) in [7, 11) is 0. The smallest absolute Gasteiger partial charge is 0.328 e. The van der Waals surface area contributed by atoms with E-state index in [0.717, 1.165) is 37.4 Å². The quantitative estimate of drug-likeness (QED) is 0.0164. The lowest BCUT2D eigenvalue weighted by atomic mass is 10.0. The zero-order chi connectivity index (χ0) is 106. The second kappa shape index (κ2) is 62.2. The monoisotopic (exact) mass is 2020 g/mol. The number of aromatic hydroxyl groups is 1. The number of carboxylic acid groups (broad SMARTS) is 2. The molecule has 58 nitrogen and oxygen atoms in total. The molecule has 2 fully saturated rings. The molecule has 2 heterocycles. The van der Waals surface area contributed by atoms with Crippen molar-refractivity contribution in [3.05, 3.63) is 29.8 Å². The van der Waals surface area contributed by atoms with Gasteiger partial charge in [0.15, 0.2) is 23.8 Å². The predicted molar refractivity (Wildman–Crippen MR) is 501 cm³/mol. The number of aliphatic carboxylic acids is 2. The minimum Gasteiger partial charge on any atom is -0.508 e. The molecule has 0 bridgehead atoms. The number of amides is 17. The van der Waals surface area contributed by atoms with E-state index in [0.29, 0.717) is 19.4 Å². The summed E-state index contributed by atoms with van der Waals surface area (Å²) in [6, 6.07) is -24.6. The number of carbonyl (C=O) groups is 19. The third kappa shape index (κ3) is 43.6. The third-order valence-corrected chi connectivity index (χ3v) is 22.5. The number of hydrogen-bond donors (Lipinski definition) is 38. The molecule has 0 spiro atoms. The summed E-state index contributed by atoms with van der Waals surface area (Å²) in [4.78, 5) is 265. The Morgan fingerprint density at radius 3 is 1.12 bits per heavy atom. The molecule has 0 unspecified atom stereocenters. The second-order valence-electron chi connectivity index (χ2n) is 33.7. The van der Waals surface area contributed by atoms with Crippen molar-refractivity contribution in [1.82, 2.24) is 111 Å². The molecule has 0 radical (unpaired) electrons. The van der Waals surface area contributed by atoms with Gasteiger partial charge in [-0.15, -0.1) is 0 Å². The minimum absolute atomic E-state index is 0.00974. The number of phenols is 1. The van der Waals surface area contributed by atoms with Crippen molar-refractivity contribution >= 4 is 148 Å². The highest BCUT2D eigenvalue weighted by Crippen LogP contribution is 2.22. The number of nitrogens with two attached hydrogens (primary N) is 5. The van der Waals surface area contributed by atoms with Crippen molar-refractivity contribution in [2.75, 3.05) is 71.1 Å². The van der Waals surface area contributed by atoms with E-state index in [1.165, 1.54) is 38.1 Å². The number of hydrogen-bond acceptors (Lipinski definition) is 32. The Bertz CT molecular complexity index is 4480. The topological polar surface area (TPSA) is 976 Å². The Morgan fingerprint density at radius 1 is 0.404 bits per heavy atom. The van der Waals surface area contributed by atoms with E-state index in [9.17, 15) is 137 Å². The number of nitrogens with zero attached hydrogens (tertiary/aromatic N) is 1. The number of benzene rings is 1. The van der Waals surface area contributed by atoms with Gasteiger partial charge in [-0.2, -0.15) is 11.8 Å². The third-order valence-electron chi connectivity index (χ3n) is 21.8. The molecule has 0 aliphatic carbocycles.